The van der Waals surface area contributed by atoms with Gasteiger partial charge in [-0.05, 0) is 41.9 Å². The van der Waals surface area contributed by atoms with Crippen LogP contribution >= 0.6 is 11.8 Å². The van der Waals surface area contributed by atoms with Gasteiger partial charge in [-0.1, -0.05) is 54.6 Å². The first-order chi connectivity index (χ1) is 13.0. The van der Waals surface area contributed by atoms with E-state index < -0.39 is 16.4 Å². The Morgan fingerprint density at radius 2 is 1.78 bits per heavy atom. The average molecular weight is 402 g/mol. The van der Waals surface area contributed by atoms with E-state index in [1.807, 2.05) is 42.7 Å². The largest absolute Gasteiger partial charge is 0.385 e. The summed E-state index contributed by atoms with van der Waals surface area (Å²) < 4.78 is 12.5. The van der Waals surface area contributed by atoms with E-state index in [-0.39, 0.29) is 0 Å². The minimum absolute atomic E-state index is 0.740. The molecule has 0 saturated carbocycles. The van der Waals surface area contributed by atoms with Crippen LogP contribution < -0.4 is 0 Å². The maximum Gasteiger partial charge on any atom is 0.0920 e. The molecule has 1 aliphatic heterocycles. The molecule has 1 atom stereocenters. The Hall–Kier alpha value is -1.40. The van der Waals surface area contributed by atoms with Crippen LogP contribution in [0.1, 0.15) is 29.5 Å². The van der Waals surface area contributed by atoms with E-state index in [1.54, 1.807) is 6.26 Å². The zero-order valence-corrected chi connectivity index (χ0v) is 17.6. The minimum atomic E-state index is -0.974. The van der Waals surface area contributed by atoms with Crippen LogP contribution in [0.3, 0.4) is 0 Å². The molecule has 1 fully saturated rings. The third kappa shape index (κ3) is 5.32. The van der Waals surface area contributed by atoms with Gasteiger partial charge < -0.3 is 5.11 Å². The molecule has 1 saturated heterocycles. The monoisotopic (exact) mass is 401 g/mol. The van der Waals surface area contributed by atoms with E-state index in [0.717, 1.165) is 47.8 Å². The molecule has 0 aliphatic carbocycles. The summed E-state index contributed by atoms with van der Waals surface area (Å²) in [6.07, 6.45) is 7.07. The van der Waals surface area contributed by atoms with Crippen LogP contribution in [-0.2, 0) is 22.9 Å². The number of likely N-dealkylation sites (tertiary alicyclic amines) is 1. The molecule has 3 rings (SSSR count). The summed E-state index contributed by atoms with van der Waals surface area (Å²) in [5.41, 5.74) is 2.55. The summed E-state index contributed by atoms with van der Waals surface area (Å²) >= 11 is 1.51. The Labute approximate surface area is 168 Å². The summed E-state index contributed by atoms with van der Waals surface area (Å²) in [6, 6.07) is 18.5. The van der Waals surface area contributed by atoms with Crippen molar-refractivity contribution in [1.29, 1.82) is 0 Å². The highest BCUT2D eigenvalue weighted by Gasteiger charge is 2.33. The van der Waals surface area contributed by atoms with Gasteiger partial charge in [-0.15, -0.1) is 11.8 Å². The van der Waals surface area contributed by atoms with Gasteiger partial charge in [0, 0.05) is 25.9 Å². The number of aliphatic hydroxyl groups is 1. The van der Waals surface area contributed by atoms with E-state index >= 15 is 0 Å². The predicted octanol–water partition coefficient (Wildman–Crippen LogP) is 4.21. The third-order valence-corrected chi connectivity index (χ3v) is 7.56. The van der Waals surface area contributed by atoms with Crippen molar-refractivity contribution in [2.75, 3.05) is 25.6 Å². The number of hydrogen-bond donors (Lipinski definition) is 1. The number of benzene rings is 2. The lowest BCUT2D eigenvalue weighted by molar-refractivity contribution is -0.0277. The summed E-state index contributed by atoms with van der Waals surface area (Å²) in [6.45, 7) is 2.71. The van der Waals surface area contributed by atoms with E-state index in [9.17, 15) is 9.32 Å². The molecule has 3 nitrogen and oxygen atoms in total. The fourth-order valence-electron chi connectivity index (χ4n) is 3.50. The van der Waals surface area contributed by atoms with Crippen molar-refractivity contribution in [1.82, 2.24) is 4.90 Å². The van der Waals surface area contributed by atoms with Crippen molar-refractivity contribution in [2.24, 2.45) is 0 Å². The highest BCUT2D eigenvalue weighted by Crippen LogP contribution is 2.33. The van der Waals surface area contributed by atoms with Crippen molar-refractivity contribution in [3.63, 3.8) is 0 Å². The molecule has 0 bridgehead atoms. The molecule has 2 aromatic rings. The second-order valence-corrected chi connectivity index (χ2v) is 9.49. The molecule has 0 aromatic heterocycles. The first-order valence-electron chi connectivity index (χ1n) is 9.18. The van der Waals surface area contributed by atoms with Crippen LogP contribution in [0, 0.1) is 0 Å². The van der Waals surface area contributed by atoms with E-state index in [4.69, 9.17) is 0 Å². The highest BCUT2D eigenvalue weighted by atomic mass is 32.2. The maximum atomic E-state index is 11.7. The quantitative estimate of drug-likeness (QED) is 0.787. The van der Waals surface area contributed by atoms with Gasteiger partial charge in [-0.25, -0.2) is 0 Å². The Kier molecular flexibility index (Phi) is 6.93. The van der Waals surface area contributed by atoms with Crippen molar-refractivity contribution >= 4 is 28.6 Å². The lowest BCUT2D eigenvalue weighted by atomic mass is 9.84. The van der Waals surface area contributed by atoms with Crippen LogP contribution in [0.4, 0.5) is 0 Å². The maximum absolute atomic E-state index is 11.7. The van der Waals surface area contributed by atoms with Gasteiger partial charge in [-0.3, -0.25) is 9.11 Å². The number of hydrogen-bond acceptors (Lipinski definition) is 4. The Balaban J connectivity index is 1.64. The van der Waals surface area contributed by atoms with Crippen molar-refractivity contribution in [3.8, 4) is 0 Å². The zero-order valence-electron chi connectivity index (χ0n) is 15.9. The molecule has 27 heavy (non-hydrogen) atoms. The Morgan fingerprint density at radius 3 is 2.33 bits per heavy atom. The summed E-state index contributed by atoms with van der Waals surface area (Å²) in [4.78, 5) is 2.40. The molecular weight excluding hydrogens is 374 g/mol. The second kappa shape index (κ2) is 9.20. The van der Waals surface area contributed by atoms with E-state index in [2.05, 4.69) is 29.2 Å². The average Bonchev–Trinajstić information content (AvgIpc) is 2.69. The molecule has 0 spiro atoms. The fourth-order valence-corrected chi connectivity index (χ4v) is 4.99. The summed E-state index contributed by atoms with van der Waals surface area (Å²) in [5.74, 6) is 0. The van der Waals surface area contributed by atoms with Crippen LogP contribution in [0.5, 0.6) is 0 Å². The number of thioether (sulfide) groups is 1. The lowest BCUT2D eigenvalue weighted by Crippen LogP contribution is -2.42. The summed E-state index contributed by atoms with van der Waals surface area (Å²) in [5, 5.41) is 11.1. The molecular formula is C22H27NO2S2. The van der Waals surface area contributed by atoms with Gasteiger partial charge >= 0.3 is 0 Å². The lowest BCUT2D eigenvalue weighted by Gasteiger charge is -2.38. The van der Waals surface area contributed by atoms with Crippen LogP contribution in [-0.4, -0.2) is 39.8 Å². The zero-order chi connectivity index (χ0) is 19.3. The molecule has 1 N–H and O–H groups in total. The first kappa shape index (κ1) is 20.3. The van der Waals surface area contributed by atoms with Gasteiger partial charge in [-0.2, -0.15) is 0 Å². The van der Waals surface area contributed by atoms with E-state index in [0.29, 0.717) is 0 Å². The molecule has 0 amide bonds. The van der Waals surface area contributed by atoms with Crippen LogP contribution in [0.25, 0.3) is 6.08 Å². The van der Waals surface area contributed by atoms with Crippen molar-refractivity contribution < 1.29 is 9.32 Å². The second-order valence-electron chi connectivity index (χ2n) is 7.04. The molecule has 1 aliphatic rings. The number of piperidine rings is 1. The SMILES string of the molecule is CS/C(=C/c1ccc(C2(O)CCN(Cc3ccccc3)CC2)cc1)S(C)=O. The first-order valence-corrected chi connectivity index (χ1v) is 12.0. The molecule has 144 valence electrons. The predicted molar refractivity (Wildman–Crippen MR) is 117 cm³/mol. The number of rotatable bonds is 6. The van der Waals surface area contributed by atoms with Gasteiger partial charge in [0.25, 0.3) is 0 Å². The Morgan fingerprint density at radius 1 is 1.15 bits per heavy atom. The molecule has 1 heterocycles. The molecule has 2 aromatic carbocycles. The van der Waals surface area contributed by atoms with Crippen LogP contribution in [0.2, 0.25) is 0 Å². The topological polar surface area (TPSA) is 40.5 Å². The van der Waals surface area contributed by atoms with Gasteiger partial charge in [0.05, 0.1) is 20.6 Å². The smallest absolute Gasteiger partial charge is 0.0920 e. The van der Waals surface area contributed by atoms with E-state index in [1.165, 1.54) is 17.3 Å². The Bertz CT molecular complexity index is 795. The van der Waals surface area contributed by atoms with Gasteiger partial charge in [0.2, 0.25) is 0 Å². The fraction of sp³-hybridized carbons (Fsp3) is 0.364. The van der Waals surface area contributed by atoms with Crippen molar-refractivity contribution in [3.05, 3.63) is 75.5 Å². The summed E-state index contributed by atoms with van der Waals surface area (Å²) in [7, 11) is -0.974. The molecule has 0 radical (unpaired) electrons. The normalized spacial score (nSPS) is 19.0. The van der Waals surface area contributed by atoms with Crippen molar-refractivity contribution in [2.45, 2.75) is 25.0 Å². The molecule has 1 unspecified atom stereocenters. The molecule has 5 heteroatoms. The van der Waals surface area contributed by atoms with Gasteiger partial charge in [0.15, 0.2) is 0 Å². The standard InChI is InChI=1S/C22H27NO2S2/c1-26-21(27(2)25)16-18-8-10-20(11-9-18)22(24)12-14-23(15-13-22)17-19-6-4-3-5-7-19/h3-11,16,24H,12-15,17H2,1-2H3/b21-16-. The third-order valence-electron chi connectivity index (χ3n) is 5.15. The minimum Gasteiger partial charge on any atom is -0.385 e. The number of nitrogens with zero attached hydrogens (tertiary/aromatic N) is 1. The van der Waals surface area contributed by atoms with Gasteiger partial charge in [0.1, 0.15) is 0 Å². The highest BCUT2D eigenvalue weighted by molar-refractivity contribution is 8.16. The van der Waals surface area contributed by atoms with Crippen LogP contribution in [0.15, 0.2) is 58.8 Å².